The number of H-pyrrole nitrogens is 1. The topological polar surface area (TPSA) is 111 Å². The Balaban J connectivity index is 1.77. The third-order valence-electron chi connectivity index (χ3n) is 4.38. The number of amides is 2. The summed E-state index contributed by atoms with van der Waals surface area (Å²) in [5.41, 5.74) is 2.19. The molecule has 1 heterocycles. The van der Waals surface area contributed by atoms with Crippen molar-refractivity contribution in [3.05, 3.63) is 64.3 Å². The molecule has 150 valence electrons. The first-order chi connectivity index (χ1) is 13.7. The van der Waals surface area contributed by atoms with E-state index in [0.717, 1.165) is 10.9 Å². The van der Waals surface area contributed by atoms with Crippen LogP contribution in [0.1, 0.15) is 40.3 Å². The third-order valence-corrected chi connectivity index (χ3v) is 4.71. The van der Waals surface area contributed by atoms with Crippen LogP contribution in [-0.2, 0) is 11.3 Å². The van der Waals surface area contributed by atoms with E-state index in [4.69, 9.17) is 16.7 Å². The second kappa shape index (κ2) is 8.36. The number of aromatic amines is 1. The Morgan fingerprint density at radius 1 is 1.10 bits per heavy atom. The average molecular weight is 414 g/mol. The maximum atomic E-state index is 12.7. The van der Waals surface area contributed by atoms with Gasteiger partial charge in [-0.15, -0.1) is 0 Å². The number of benzene rings is 2. The van der Waals surface area contributed by atoms with Crippen LogP contribution in [0.25, 0.3) is 10.9 Å². The van der Waals surface area contributed by atoms with E-state index in [0.29, 0.717) is 17.7 Å². The molecule has 0 spiro atoms. The zero-order valence-electron chi connectivity index (χ0n) is 15.9. The van der Waals surface area contributed by atoms with E-state index < -0.39 is 11.9 Å². The number of carboxylic acid groups (broad SMARTS) is 1. The Kier molecular flexibility index (Phi) is 5.89. The molecule has 7 nitrogen and oxygen atoms in total. The highest BCUT2D eigenvalue weighted by atomic mass is 35.5. The van der Waals surface area contributed by atoms with Gasteiger partial charge in [0, 0.05) is 29.1 Å². The molecule has 2 aromatic carbocycles. The molecule has 0 fully saturated rings. The molecule has 29 heavy (non-hydrogen) atoms. The number of hydrogen-bond acceptors (Lipinski definition) is 3. The van der Waals surface area contributed by atoms with Crippen molar-refractivity contribution < 1.29 is 19.5 Å². The third kappa shape index (κ3) is 4.75. The summed E-state index contributed by atoms with van der Waals surface area (Å²) < 4.78 is 0. The number of carbonyl (C=O) groups excluding carboxylic acids is 2. The molecule has 0 atom stereocenters. The SMILES string of the molecule is CC(C)C(=O)NCc1ccc(Cl)c(C(=O)Nc2ccc3cc(C(=O)O)[nH]c3c2)c1. The van der Waals surface area contributed by atoms with Crippen LogP contribution in [-0.4, -0.2) is 27.9 Å². The fourth-order valence-corrected chi connectivity index (χ4v) is 2.97. The lowest BCUT2D eigenvalue weighted by molar-refractivity contribution is -0.124. The number of aromatic nitrogens is 1. The fraction of sp³-hybridized carbons (Fsp3) is 0.190. The molecular formula is C21H20ClN3O4. The second-order valence-corrected chi connectivity index (χ2v) is 7.34. The molecule has 1 aromatic heterocycles. The molecule has 3 rings (SSSR count). The van der Waals surface area contributed by atoms with Crippen molar-refractivity contribution in [2.45, 2.75) is 20.4 Å². The lowest BCUT2D eigenvalue weighted by atomic mass is 10.1. The van der Waals surface area contributed by atoms with Gasteiger partial charge < -0.3 is 20.7 Å². The largest absolute Gasteiger partial charge is 0.477 e. The maximum Gasteiger partial charge on any atom is 0.352 e. The predicted molar refractivity (Wildman–Crippen MR) is 111 cm³/mol. The Bertz CT molecular complexity index is 1100. The van der Waals surface area contributed by atoms with E-state index in [1.54, 1.807) is 50.2 Å². The summed E-state index contributed by atoms with van der Waals surface area (Å²) in [5, 5.41) is 15.6. The summed E-state index contributed by atoms with van der Waals surface area (Å²) in [4.78, 5) is 38.3. The highest BCUT2D eigenvalue weighted by Gasteiger charge is 2.14. The van der Waals surface area contributed by atoms with Crippen LogP contribution in [0, 0.1) is 5.92 Å². The maximum absolute atomic E-state index is 12.7. The van der Waals surface area contributed by atoms with E-state index in [2.05, 4.69) is 15.6 Å². The lowest BCUT2D eigenvalue weighted by Crippen LogP contribution is -2.27. The number of carboxylic acids is 1. The van der Waals surface area contributed by atoms with Crippen LogP contribution in [0.15, 0.2) is 42.5 Å². The van der Waals surface area contributed by atoms with Crippen molar-refractivity contribution in [2.24, 2.45) is 5.92 Å². The molecular weight excluding hydrogens is 394 g/mol. The molecule has 0 bridgehead atoms. The monoisotopic (exact) mass is 413 g/mol. The Hall–Kier alpha value is -3.32. The molecule has 0 unspecified atom stereocenters. The van der Waals surface area contributed by atoms with Crippen molar-refractivity contribution >= 4 is 46.0 Å². The fourth-order valence-electron chi connectivity index (χ4n) is 2.77. The first-order valence-corrected chi connectivity index (χ1v) is 9.36. The quantitative estimate of drug-likeness (QED) is 0.488. The highest BCUT2D eigenvalue weighted by molar-refractivity contribution is 6.34. The number of fused-ring (bicyclic) bond motifs is 1. The van der Waals surface area contributed by atoms with E-state index in [-0.39, 0.29) is 28.1 Å². The van der Waals surface area contributed by atoms with Crippen LogP contribution in [0.5, 0.6) is 0 Å². The minimum Gasteiger partial charge on any atom is -0.477 e. The van der Waals surface area contributed by atoms with E-state index in [1.807, 2.05) is 0 Å². The van der Waals surface area contributed by atoms with Gasteiger partial charge in [0.2, 0.25) is 5.91 Å². The molecule has 0 radical (unpaired) electrons. The van der Waals surface area contributed by atoms with Crippen molar-refractivity contribution in [1.82, 2.24) is 10.3 Å². The summed E-state index contributed by atoms with van der Waals surface area (Å²) in [5.74, 6) is -1.67. The van der Waals surface area contributed by atoms with Crippen molar-refractivity contribution in [3.8, 4) is 0 Å². The summed E-state index contributed by atoms with van der Waals surface area (Å²) in [6, 6.07) is 11.6. The zero-order valence-corrected chi connectivity index (χ0v) is 16.6. The average Bonchev–Trinajstić information content (AvgIpc) is 3.10. The van der Waals surface area contributed by atoms with E-state index in [9.17, 15) is 14.4 Å². The summed E-state index contributed by atoms with van der Waals surface area (Å²) in [7, 11) is 0. The molecule has 0 aliphatic rings. The van der Waals surface area contributed by atoms with Gasteiger partial charge in [0.25, 0.3) is 5.91 Å². The number of rotatable bonds is 6. The van der Waals surface area contributed by atoms with Gasteiger partial charge in [-0.3, -0.25) is 9.59 Å². The van der Waals surface area contributed by atoms with Crippen LogP contribution in [0.3, 0.4) is 0 Å². The highest BCUT2D eigenvalue weighted by Crippen LogP contribution is 2.23. The summed E-state index contributed by atoms with van der Waals surface area (Å²) in [6.07, 6.45) is 0. The van der Waals surface area contributed by atoms with Gasteiger partial charge in [-0.2, -0.15) is 0 Å². The molecule has 0 saturated heterocycles. The Labute approximate surface area is 172 Å². The first-order valence-electron chi connectivity index (χ1n) is 8.98. The smallest absolute Gasteiger partial charge is 0.352 e. The molecule has 0 saturated carbocycles. The standard InChI is InChI=1S/C21H20ClN3O4/c1-11(2)19(26)23-10-12-3-6-16(22)15(7-12)20(27)24-14-5-4-13-8-18(21(28)29)25-17(13)9-14/h3-9,11,25H,10H2,1-2H3,(H,23,26)(H,24,27)(H,28,29). The minimum atomic E-state index is -1.06. The molecule has 2 amide bonds. The van der Waals surface area contributed by atoms with Crippen LogP contribution in [0.4, 0.5) is 5.69 Å². The predicted octanol–water partition coefficient (Wildman–Crippen LogP) is 4.04. The van der Waals surface area contributed by atoms with Gasteiger partial charge >= 0.3 is 5.97 Å². The van der Waals surface area contributed by atoms with Crippen LogP contribution < -0.4 is 10.6 Å². The summed E-state index contributed by atoms with van der Waals surface area (Å²) >= 11 is 6.18. The van der Waals surface area contributed by atoms with Crippen molar-refractivity contribution in [3.63, 3.8) is 0 Å². The number of halogens is 1. The van der Waals surface area contributed by atoms with Gasteiger partial charge in [0.05, 0.1) is 10.6 Å². The molecule has 0 aliphatic heterocycles. The Morgan fingerprint density at radius 3 is 2.55 bits per heavy atom. The second-order valence-electron chi connectivity index (χ2n) is 6.93. The van der Waals surface area contributed by atoms with Gasteiger partial charge in [-0.25, -0.2) is 4.79 Å². The number of hydrogen-bond donors (Lipinski definition) is 4. The zero-order chi connectivity index (χ0) is 21.1. The van der Waals surface area contributed by atoms with E-state index in [1.165, 1.54) is 6.07 Å². The van der Waals surface area contributed by atoms with Gasteiger partial charge in [0.1, 0.15) is 5.69 Å². The Morgan fingerprint density at radius 2 is 1.86 bits per heavy atom. The van der Waals surface area contributed by atoms with Crippen LogP contribution >= 0.6 is 11.6 Å². The normalized spacial score (nSPS) is 10.9. The number of aromatic carboxylic acids is 1. The number of anilines is 1. The number of nitrogens with one attached hydrogen (secondary N) is 3. The first kappa shape index (κ1) is 20.4. The van der Waals surface area contributed by atoms with Gasteiger partial charge in [0.15, 0.2) is 0 Å². The lowest BCUT2D eigenvalue weighted by Gasteiger charge is -2.11. The summed E-state index contributed by atoms with van der Waals surface area (Å²) in [6.45, 7) is 3.90. The minimum absolute atomic E-state index is 0.0719. The van der Waals surface area contributed by atoms with Crippen molar-refractivity contribution in [2.75, 3.05) is 5.32 Å². The molecule has 3 aromatic rings. The van der Waals surface area contributed by atoms with Gasteiger partial charge in [-0.1, -0.05) is 37.6 Å². The molecule has 0 aliphatic carbocycles. The van der Waals surface area contributed by atoms with Gasteiger partial charge in [-0.05, 0) is 35.9 Å². The van der Waals surface area contributed by atoms with E-state index >= 15 is 0 Å². The van der Waals surface area contributed by atoms with Crippen LogP contribution in [0.2, 0.25) is 5.02 Å². The molecule has 4 N–H and O–H groups in total. The van der Waals surface area contributed by atoms with Crippen molar-refractivity contribution in [1.29, 1.82) is 0 Å². The molecule has 8 heteroatoms. The number of carbonyl (C=O) groups is 3.